The molecular formula is C43H68N6O7S. The number of aromatic nitrogens is 1. The molecule has 0 unspecified atom stereocenters. The van der Waals surface area contributed by atoms with E-state index in [1.807, 2.05) is 44.7 Å². The molecule has 0 bridgehead atoms. The Morgan fingerprint density at radius 2 is 1.75 bits per heavy atom. The van der Waals surface area contributed by atoms with Crippen molar-refractivity contribution in [3.8, 4) is 0 Å². The van der Waals surface area contributed by atoms with Gasteiger partial charge in [0.05, 0.1) is 11.6 Å². The first-order chi connectivity index (χ1) is 27.0. The van der Waals surface area contributed by atoms with E-state index >= 15 is 0 Å². The lowest BCUT2D eigenvalue weighted by atomic mass is 9.80. The standard InChI is InChI=1S/C43H68N6O7S/c1-9-11-12-15-22-49(41(53)37(28(5)10-2)39(52)46-35-16-13-14-21-45-35)33(27(3)4)24-34(56-29(6)50)40-48-36(26-57-40)47-38(51)31(25-43(7,8)42(54)55)23-30-17-19-32(44)20-18-30/h17-20,26-28,31,33-35,37,45H,9-16,21-25,44H2,1-8H3,(H,46,52)(H,47,51)(H,54,55)/t28-,31-,33+,34+,35+,37-/m0/s1. The van der Waals surface area contributed by atoms with Gasteiger partial charge in [0.15, 0.2) is 6.10 Å². The van der Waals surface area contributed by atoms with Gasteiger partial charge in [-0.15, -0.1) is 11.3 Å². The van der Waals surface area contributed by atoms with Crippen molar-refractivity contribution >= 4 is 52.5 Å². The maximum absolute atomic E-state index is 14.8. The smallest absolute Gasteiger partial charge is 0.309 e. The number of carboxylic acids is 1. The third kappa shape index (κ3) is 14.7. The molecule has 1 aliphatic heterocycles. The summed E-state index contributed by atoms with van der Waals surface area (Å²) >= 11 is 1.23. The number of hydrogen-bond donors (Lipinski definition) is 5. The predicted octanol–water partition coefficient (Wildman–Crippen LogP) is 7.33. The van der Waals surface area contributed by atoms with Crippen LogP contribution in [0.2, 0.25) is 0 Å². The van der Waals surface area contributed by atoms with Crippen LogP contribution in [0.15, 0.2) is 29.6 Å². The van der Waals surface area contributed by atoms with Crippen molar-refractivity contribution in [2.24, 2.45) is 29.1 Å². The van der Waals surface area contributed by atoms with Crippen LogP contribution in [-0.2, 0) is 35.1 Å². The van der Waals surface area contributed by atoms with Gasteiger partial charge < -0.3 is 31.1 Å². The number of rotatable bonds is 23. The number of anilines is 2. The molecule has 13 nitrogen and oxygen atoms in total. The number of carboxylic acid groups (broad SMARTS) is 1. The maximum Gasteiger partial charge on any atom is 0.309 e. The summed E-state index contributed by atoms with van der Waals surface area (Å²) in [5.74, 6) is -3.99. The van der Waals surface area contributed by atoms with E-state index in [-0.39, 0.29) is 54.4 Å². The van der Waals surface area contributed by atoms with Crippen LogP contribution in [0.1, 0.15) is 136 Å². The van der Waals surface area contributed by atoms with E-state index in [1.165, 1.54) is 18.3 Å². The van der Waals surface area contributed by atoms with E-state index < -0.39 is 41.3 Å². The lowest BCUT2D eigenvalue weighted by Crippen LogP contribution is -2.55. The SMILES string of the molecule is CCCCCCN(C(=O)[C@H](C(=O)N[C@@H]1CCCCN1)[C@@H](C)CC)[C@H](C[C@@H](OC(C)=O)c1nc(NC(=O)[C@@H](Cc2ccc(N)cc2)CC(C)(C)C(=O)O)cs1)C(C)C. The maximum atomic E-state index is 14.8. The largest absolute Gasteiger partial charge is 0.481 e. The Hall–Kier alpha value is -4.04. The highest BCUT2D eigenvalue weighted by Crippen LogP contribution is 2.34. The summed E-state index contributed by atoms with van der Waals surface area (Å²) in [5, 5.41) is 21.4. The van der Waals surface area contributed by atoms with Crippen LogP contribution in [0.5, 0.6) is 0 Å². The number of unbranched alkanes of at least 4 members (excludes halogenated alkanes) is 3. The third-order valence-corrected chi connectivity index (χ3v) is 12.0. The van der Waals surface area contributed by atoms with Gasteiger partial charge in [0, 0.05) is 42.9 Å². The average molecular weight is 813 g/mol. The van der Waals surface area contributed by atoms with E-state index in [4.69, 9.17) is 15.5 Å². The van der Waals surface area contributed by atoms with Crippen LogP contribution in [0.25, 0.3) is 0 Å². The summed E-state index contributed by atoms with van der Waals surface area (Å²) in [6.45, 7) is 15.9. The van der Waals surface area contributed by atoms with Crippen LogP contribution in [-0.4, -0.2) is 69.9 Å². The summed E-state index contributed by atoms with van der Waals surface area (Å²) in [7, 11) is 0. The second-order valence-electron chi connectivity index (χ2n) is 16.7. The Labute approximate surface area is 343 Å². The van der Waals surface area contributed by atoms with Gasteiger partial charge in [-0.25, -0.2) is 4.98 Å². The van der Waals surface area contributed by atoms with E-state index in [2.05, 4.69) is 22.9 Å². The average Bonchev–Trinajstić information content (AvgIpc) is 3.62. The number of carbonyl (C=O) groups excluding carboxylic acids is 4. The van der Waals surface area contributed by atoms with Crippen molar-refractivity contribution in [2.45, 2.75) is 144 Å². The van der Waals surface area contributed by atoms with Crippen molar-refractivity contribution in [1.82, 2.24) is 20.5 Å². The van der Waals surface area contributed by atoms with Crippen LogP contribution in [0.3, 0.4) is 0 Å². The molecule has 6 N–H and O–H groups in total. The minimum Gasteiger partial charge on any atom is -0.481 e. The highest BCUT2D eigenvalue weighted by atomic mass is 32.1. The molecule has 2 heterocycles. The number of ether oxygens (including phenoxy) is 1. The van der Waals surface area contributed by atoms with Gasteiger partial charge >= 0.3 is 11.9 Å². The number of thiazole rings is 1. The van der Waals surface area contributed by atoms with Crippen LogP contribution in [0, 0.1) is 29.1 Å². The molecule has 3 rings (SSSR count). The monoisotopic (exact) mass is 812 g/mol. The molecule has 6 atom stereocenters. The van der Waals surface area contributed by atoms with Crippen LogP contribution < -0.4 is 21.7 Å². The molecule has 0 spiro atoms. The normalized spacial score (nSPS) is 17.2. The number of carbonyl (C=O) groups is 5. The summed E-state index contributed by atoms with van der Waals surface area (Å²) < 4.78 is 5.91. The van der Waals surface area contributed by atoms with Gasteiger partial charge in [-0.05, 0) is 88.4 Å². The summed E-state index contributed by atoms with van der Waals surface area (Å²) in [6.07, 6.45) is 6.88. The molecule has 0 saturated carbocycles. The van der Waals surface area contributed by atoms with Crippen LogP contribution >= 0.6 is 11.3 Å². The van der Waals surface area contributed by atoms with E-state index in [0.29, 0.717) is 30.1 Å². The van der Waals surface area contributed by atoms with Crippen molar-refractivity contribution in [3.63, 3.8) is 0 Å². The Balaban J connectivity index is 1.93. The number of aliphatic carboxylic acids is 1. The van der Waals surface area contributed by atoms with Crippen LogP contribution in [0.4, 0.5) is 11.5 Å². The fourth-order valence-electron chi connectivity index (χ4n) is 7.41. The number of benzene rings is 1. The Morgan fingerprint density at radius 3 is 2.33 bits per heavy atom. The molecule has 0 radical (unpaired) electrons. The molecule has 2 aromatic rings. The number of hydrogen-bond acceptors (Lipinski definition) is 10. The molecule has 1 aromatic carbocycles. The van der Waals surface area contributed by atoms with E-state index in [9.17, 15) is 29.1 Å². The zero-order valence-electron chi connectivity index (χ0n) is 35.4. The van der Waals surface area contributed by atoms with Gasteiger partial charge in [0.1, 0.15) is 16.7 Å². The number of nitrogen functional groups attached to an aromatic ring is 1. The minimum absolute atomic E-state index is 0.0651. The molecule has 1 aromatic heterocycles. The first-order valence-corrected chi connectivity index (χ1v) is 21.7. The lowest BCUT2D eigenvalue weighted by Gasteiger charge is -2.39. The highest BCUT2D eigenvalue weighted by Gasteiger charge is 2.40. The minimum atomic E-state index is -1.17. The predicted molar refractivity (Wildman–Crippen MR) is 225 cm³/mol. The second kappa shape index (κ2) is 22.8. The zero-order valence-corrected chi connectivity index (χ0v) is 36.2. The molecule has 57 heavy (non-hydrogen) atoms. The number of nitrogens with two attached hydrogens (primary N) is 1. The molecule has 1 aliphatic rings. The lowest BCUT2D eigenvalue weighted by molar-refractivity contribution is -0.151. The third-order valence-electron chi connectivity index (χ3n) is 11.1. The quantitative estimate of drug-likeness (QED) is 0.0328. The van der Waals surface area contributed by atoms with Gasteiger partial charge in [0.2, 0.25) is 17.7 Å². The van der Waals surface area contributed by atoms with Crippen molar-refractivity contribution in [1.29, 1.82) is 0 Å². The number of nitrogens with zero attached hydrogens (tertiary/aromatic N) is 2. The Morgan fingerprint density at radius 1 is 1.05 bits per heavy atom. The van der Waals surface area contributed by atoms with Crippen molar-refractivity contribution in [2.75, 3.05) is 24.1 Å². The first kappa shape index (κ1) is 47.3. The van der Waals surface area contributed by atoms with Gasteiger partial charge in [-0.1, -0.05) is 72.4 Å². The molecule has 1 fully saturated rings. The second-order valence-corrected chi connectivity index (χ2v) is 17.6. The number of esters is 1. The highest BCUT2D eigenvalue weighted by molar-refractivity contribution is 7.10. The molecule has 3 amide bonds. The molecular weight excluding hydrogens is 745 g/mol. The topological polar surface area (TPSA) is 193 Å². The van der Waals surface area contributed by atoms with Gasteiger partial charge in [0.25, 0.3) is 0 Å². The van der Waals surface area contributed by atoms with Crippen molar-refractivity contribution in [3.05, 3.63) is 40.2 Å². The Bertz CT molecular complexity index is 1610. The summed E-state index contributed by atoms with van der Waals surface area (Å²) in [4.78, 5) is 73.8. The molecule has 14 heteroatoms. The van der Waals surface area contributed by atoms with Gasteiger partial charge in [-0.2, -0.15) is 0 Å². The van der Waals surface area contributed by atoms with E-state index in [0.717, 1.165) is 57.1 Å². The van der Waals surface area contributed by atoms with E-state index in [1.54, 1.807) is 31.4 Å². The fourth-order valence-corrected chi connectivity index (χ4v) is 8.20. The first-order valence-electron chi connectivity index (χ1n) is 20.8. The number of nitrogens with one attached hydrogen (secondary N) is 3. The zero-order chi connectivity index (χ0) is 42.3. The summed E-state index contributed by atoms with van der Waals surface area (Å²) in [5.41, 5.74) is 6.12. The van der Waals surface area contributed by atoms with Crippen molar-refractivity contribution < 1.29 is 33.8 Å². The molecule has 318 valence electrons. The Kier molecular flexibility index (Phi) is 18.9. The summed E-state index contributed by atoms with van der Waals surface area (Å²) in [6, 6.07) is 6.73. The molecule has 1 saturated heterocycles. The van der Waals surface area contributed by atoms with Gasteiger partial charge in [-0.3, -0.25) is 29.3 Å². The number of amides is 3. The number of piperidine rings is 1. The molecule has 0 aliphatic carbocycles. The fraction of sp³-hybridized carbons (Fsp3) is 0.674.